The molecular weight excluding hydrogens is 356 g/mol. The number of carbonyl (C=O) groups is 1. The monoisotopic (exact) mass is 384 g/mol. The molecule has 0 N–H and O–H groups in total. The van der Waals surface area contributed by atoms with Crippen molar-refractivity contribution < 1.29 is 17.9 Å². The summed E-state index contributed by atoms with van der Waals surface area (Å²) in [6.07, 6.45) is 3.77. The number of aryl methyl sites for hydroxylation is 1. The second kappa shape index (κ2) is 8.08. The Morgan fingerprint density at radius 2 is 2.04 bits per heavy atom. The van der Waals surface area contributed by atoms with E-state index in [9.17, 15) is 13.2 Å². The van der Waals surface area contributed by atoms with Crippen LogP contribution in [0.2, 0.25) is 0 Å². The number of likely N-dealkylation sites (tertiary alicyclic amines) is 1. The Hall–Kier alpha value is -1.42. The molecule has 1 unspecified atom stereocenters. The van der Waals surface area contributed by atoms with Crippen LogP contribution in [0.5, 0.6) is 0 Å². The topological polar surface area (TPSA) is 75.1 Å². The minimum Gasteiger partial charge on any atom is -0.379 e. The highest BCUT2D eigenvalue weighted by Gasteiger charge is 2.35. The van der Waals surface area contributed by atoms with Gasteiger partial charge in [-0.25, -0.2) is 8.42 Å². The second-order valence-corrected chi connectivity index (χ2v) is 8.96. The molecule has 0 bridgehead atoms. The minimum atomic E-state index is -3.33. The van der Waals surface area contributed by atoms with Crippen LogP contribution in [-0.4, -0.2) is 97.8 Å². The number of rotatable bonds is 6. The van der Waals surface area contributed by atoms with Crippen LogP contribution in [0.3, 0.4) is 0 Å². The fourth-order valence-electron chi connectivity index (χ4n) is 3.69. The van der Waals surface area contributed by atoms with Gasteiger partial charge in [-0.2, -0.15) is 4.31 Å². The van der Waals surface area contributed by atoms with Crippen LogP contribution in [0.4, 0.5) is 0 Å². The van der Waals surface area contributed by atoms with Crippen LogP contribution < -0.4 is 0 Å². The zero-order valence-corrected chi connectivity index (χ0v) is 16.3. The fourth-order valence-corrected chi connectivity index (χ4v) is 4.82. The molecular formula is C17H28N4O4S. The Morgan fingerprint density at radius 1 is 1.31 bits per heavy atom. The Morgan fingerprint density at radius 3 is 2.65 bits per heavy atom. The summed E-state index contributed by atoms with van der Waals surface area (Å²) in [5.41, 5.74) is 0.630. The highest BCUT2D eigenvalue weighted by atomic mass is 32.2. The number of hydrogen-bond acceptors (Lipinski definition) is 5. The maximum atomic E-state index is 12.7. The molecule has 2 fully saturated rings. The third kappa shape index (κ3) is 4.46. The lowest BCUT2D eigenvalue weighted by Gasteiger charge is -2.31. The van der Waals surface area contributed by atoms with Crippen molar-refractivity contribution in [1.82, 2.24) is 18.7 Å². The number of aromatic nitrogens is 1. The summed E-state index contributed by atoms with van der Waals surface area (Å²) in [4.78, 5) is 16.6. The molecule has 0 saturated carbocycles. The number of hydrogen-bond donors (Lipinski definition) is 0. The molecule has 3 heterocycles. The first-order valence-electron chi connectivity index (χ1n) is 9.04. The van der Waals surface area contributed by atoms with Crippen LogP contribution in [0.15, 0.2) is 18.3 Å². The van der Waals surface area contributed by atoms with Gasteiger partial charge in [0.15, 0.2) is 0 Å². The first-order chi connectivity index (χ1) is 12.4. The Balaban J connectivity index is 1.62. The number of amides is 1. The zero-order valence-electron chi connectivity index (χ0n) is 15.5. The van der Waals surface area contributed by atoms with Gasteiger partial charge >= 0.3 is 0 Å². The lowest BCUT2D eigenvalue weighted by molar-refractivity contribution is 0.0353. The maximum Gasteiger partial charge on any atom is 0.270 e. The number of ether oxygens (including phenoxy) is 1. The average molecular weight is 385 g/mol. The molecule has 1 amide bonds. The van der Waals surface area contributed by atoms with Gasteiger partial charge in [0, 0.05) is 58.6 Å². The van der Waals surface area contributed by atoms with Gasteiger partial charge in [-0.3, -0.25) is 9.69 Å². The quantitative estimate of drug-likeness (QED) is 0.681. The predicted octanol–water partition coefficient (Wildman–Crippen LogP) is -0.167. The third-order valence-corrected chi connectivity index (χ3v) is 6.52. The number of morpholine rings is 1. The maximum absolute atomic E-state index is 12.7. The van der Waals surface area contributed by atoms with E-state index in [0.29, 0.717) is 51.5 Å². The highest BCUT2D eigenvalue weighted by Crippen LogP contribution is 2.20. The molecule has 2 aliphatic rings. The van der Waals surface area contributed by atoms with E-state index in [0.717, 1.165) is 13.1 Å². The van der Waals surface area contributed by atoms with Crippen LogP contribution in [0.25, 0.3) is 0 Å². The summed E-state index contributed by atoms with van der Waals surface area (Å²) in [5, 5.41) is 0. The molecule has 146 valence electrons. The van der Waals surface area contributed by atoms with Crippen molar-refractivity contribution in [2.45, 2.75) is 12.5 Å². The lowest BCUT2D eigenvalue weighted by atomic mass is 10.2. The van der Waals surface area contributed by atoms with Gasteiger partial charge in [0.1, 0.15) is 5.69 Å². The Bertz CT molecular complexity index is 727. The summed E-state index contributed by atoms with van der Waals surface area (Å²) in [7, 11) is -1.49. The van der Waals surface area contributed by atoms with Gasteiger partial charge in [0.2, 0.25) is 10.0 Å². The van der Waals surface area contributed by atoms with Crippen molar-refractivity contribution in [2.24, 2.45) is 7.05 Å². The molecule has 8 nitrogen and oxygen atoms in total. The van der Waals surface area contributed by atoms with Crippen molar-refractivity contribution in [1.29, 1.82) is 0 Å². The van der Waals surface area contributed by atoms with Crippen LogP contribution >= 0.6 is 0 Å². The molecule has 1 aromatic rings. The predicted molar refractivity (Wildman–Crippen MR) is 98.5 cm³/mol. The van der Waals surface area contributed by atoms with Gasteiger partial charge < -0.3 is 14.2 Å². The van der Waals surface area contributed by atoms with Gasteiger partial charge in [0.25, 0.3) is 5.91 Å². The third-order valence-electron chi connectivity index (χ3n) is 5.19. The average Bonchev–Trinajstić information content (AvgIpc) is 3.23. The SMILES string of the molecule is Cn1cccc1C(=O)N1CCC(N(CCN2CCOCC2)S(C)(=O)=O)C1. The second-order valence-electron chi connectivity index (χ2n) is 7.03. The number of carbonyl (C=O) groups excluding carboxylic acids is 1. The van der Waals surface area contributed by atoms with E-state index in [1.807, 2.05) is 19.3 Å². The molecule has 0 radical (unpaired) electrons. The summed E-state index contributed by atoms with van der Waals surface area (Å²) in [6.45, 7) is 5.23. The van der Waals surface area contributed by atoms with Crippen molar-refractivity contribution >= 4 is 15.9 Å². The molecule has 0 spiro atoms. The van der Waals surface area contributed by atoms with Gasteiger partial charge in [-0.1, -0.05) is 0 Å². The molecule has 0 aromatic carbocycles. The van der Waals surface area contributed by atoms with E-state index in [1.165, 1.54) is 6.26 Å². The van der Waals surface area contributed by atoms with E-state index < -0.39 is 10.0 Å². The minimum absolute atomic E-state index is 0.0402. The van der Waals surface area contributed by atoms with Crippen LogP contribution in [0.1, 0.15) is 16.9 Å². The van der Waals surface area contributed by atoms with Crippen LogP contribution in [0, 0.1) is 0 Å². The first kappa shape index (κ1) is 19.3. The summed E-state index contributed by atoms with van der Waals surface area (Å²) in [6, 6.07) is 3.48. The first-order valence-corrected chi connectivity index (χ1v) is 10.9. The Kier molecular flexibility index (Phi) is 6.01. The highest BCUT2D eigenvalue weighted by molar-refractivity contribution is 7.88. The fraction of sp³-hybridized carbons (Fsp3) is 0.706. The number of sulfonamides is 1. The standard InChI is InChI=1S/C17H28N4O4S/c1-18-6-3-4-16(18)17(22)20-7-5-15(14-20)21(26(2,23)24)9-8-19-10-12-25-13-11-19/h3-4,6,15H,5,7-14H2,1-2H3. The molecule has 2 aliphatic heterocycles. The van der Waals surface area contributed by atoms with Crippen molar-refractivity contribution in [3.8, 4) is 0 Å². The smallest absolute Gasteiger partial charge is 0.270 e. The molecule has 3 rings (SSSR count). The normalized spacial score (nSPS) is 22.3. The van der Waals surface area contributed by atoms with E-state index in [1.54, 1.807) is 19.8 Å². The summed E-state index contributed by atoms with van der Waals surface area (Å²) >= 11 is 0. The lowest BCUT2D eigenvalue weighted by Crippen LogP contribution is -2.47. The van der Waals surface area contributed by atoms with Crippen molar-refractivity contribution in [3.05, 3.63) is 24.0 Å². The van der Waals surface area contributed by atoms with E-state index in [4.69, 9.17) is 4.74 Å². The van der Waals surface area contributed by atoms with E-state index in [-0.39, 0.29) is 11.9 Å². The Labute approximate surface area is 155 Å². The number of nitrogens with zero attached hydrogens (tertiary/aromatic N) is 4. The van der Waals surface area contributed by atoms with Crippen LogP contribution in [-0.2, 0) is 21.8 Å². The molecule has 9 heteroatoms. The molecule has 1 aromatic heterocycles. The van der Waals surface area contributed by atoms with Gasteiger partial charge in [0.05, 0.1) is 19.5 Å². The largest absolute Gasteiger partial charge is 0.379 e. The molecule has 1 atom stereocenters. The van der Waals surface area contributed by atoms with E-state index >= 15 is 0 Å². The summed E-state index contributed by atoms with van der Waals surface area (Å²) < 4.78 is 33.4. The molecule has 0 aliphatic carbocycles. The summed E-state index contributed by atoms with van der Waals surface area (Å²) in [5.74, 6) is -0.0402. The van der Waals surface area contributed by atoms with Gasteiger partial charge in [-0.15, -0.1) is 0 Å². The van der Waals surface area contributed by atoms with Crippen molar-refractivity contribution in [2.75, 3.05) is 58.7 Å². The molecule has 2 saturated heterocycles. The molecule has 26 heavy (non-hydrogen) atoms. The van der Waals surface area contributed by atoms with Gasteiger partial charge in [-0.05, 0) is 18.6 Å². The van der Waals surface area contributed by atoms with E-state index in [2.05, 4.69) is 4.90 Å². The zero-order chi connectivity index (χ0) is 18.7. The van der Waals surface area contributed by atoms with Crippen molar-refractivity contribution in [3.63, 3.8) is 0 Å².